The minimum absolute atomic E-state index is 0.799. The van der Waals surface area contributed by atoms with Crippen molar-refractivity contribution in [1.82, 2.24) is 9.97 Å². The zero-order valence-electron chi connectivity index (χ0n) is 19.9. The van der Waals surface area contributed by atoms with Crippen molar-refractivity contribution in [3.8, 4) is 16.9 Å². The Bertz CT molecular complexity index is 687. The second kappa shape index (κ2) is 16.1. The summed E-state index contributed by atoms with van der Waals surface area (Å²) in [6.45, 7) is 7.67. The number of thioether (sulfide) groups is 1. The van der Waals surface area contributed by atoms with Crippen molar-refractivity contribution in [3.63, 3.8) is 0 Å². The molecule has 31 heavy (non-hydrogen) atoms. The summed E-state index contributed by atoms with van der Waals surface area (Å²) in [7, 11) is 0. The highest BCUT2D eigenvalue weighted by Crippen LogP contribution is 2.23. The minimum Gasteiger partial charge on any atom is -0.494 e. The van der Waals surface area contributed by atoms with E-state index in [9.17, 15) is 0 Å². The maximum absolute atomic E-state index is 5.90. The molecule has 0 N–H and O–H groups in total. The van der Waals surface area contributed by atoms with Crippen molar-refractivity contribution in [2.24, 2.45) is 5.92 Å². The average Bonchev–Trinajstić information content (AvgIpc) is 2.81. The van der Waals surface area contributed by atoms with Crippen LogP contribution in [0.3, 0.4) is 0 Å². The van der Waals surface area contributed by atoms with Gasteiger partial charge in [-0.2, -0.15) is 0 Å². The zero-order chi connectivity index (χ0) is 22.2. The topological polar surface area (TPSA) is 35.0 Å². The van der Waals surface area contributed by atoms with Crippen LogP contribution >= 0.6 is 11.8 Å². The second-order valence-electron chi connectivity index (χ2n) is 8.61. The van der Waals surface area contributed by atoms with Crippen LogP contribution in [0.2, 0.25) is 0 Å². The summed E-state index contributed by atoms with van der Waals surface area (Å²) in [4.78, 5) is 9.08. The maximum Gasteiger partial charge on any atom is 0.187 e. The van der Waals surface area contributed by atoms with Gasteiger partial charge in [-0.05, 0) is 36.5 Å². The number of rotatable bonds is 17. The number of benzene rings is 1. The smallest absolute Gasteiger partial charge is 0.187 e. The molecule has 3 nitrogen and oxygen atoms in total. The molecule has 172 valence electrons. The Kier molecular flexibility index (Phi) is 13.4. The molecule has 1 unspecified atom stereocenters. The molecule has 0 saturated heterocycles. The van der Waals surface area contributed by atoms with Crippen LogP contribution in [0.5, 0.6) is 5.75 Å². The predicted octanol–water partition coefficient (Wildman–Crippen LogP) is 8.58. The average molecular weight is 443 g/mol. The van der Waals surface area contributed by atoms with Gasteiger partial charge < -0.3 is 4.74 Å². The third-order valence-corrected chi connectivity index (χ3v) is 6.81. The van der Waals surface area contributed by atoms with Gasteiger partial charge in [-0.1, -0.05) is 102 Å². The lowest BCUT2D eigenvalue weighted by Crippen LogP contribution is -1.98. The van der Waals surface area contributed by atoms with E-state index in [-0.39, 0.29) is 0 Å². The van der Waals surface area contributed by atoms with Crippen LogP contribution < -0.4 is 4.74 Å². The Labute approximate surface area is 194 Å². The fraction of sp³-hybridized carbons (Fsp3) is 0.630. The van der Waals surface area contributed by atoms with Gasteiger partial charge in [-0.3, -0.25) is 0 Å². The molecule has 0 fully saturated rings. The van der Waals surface area contributed by atoms with Crippen molar-refractivity contribution in [2.45, 2.75) is 96.6 Å². The van der Waals surface area contributed by atoms with E-state index < -0.39 is 0 Å². The van der Waals surface area contributed by atoms with Gasteiger partial charge in [-0.25, -0.2) is 9.97 Å². The Morgan fingerprint density at radius 3 is 2.19 bits per heavy atom. The van der Waals surface area contributed by atoms with E-state index in [1.54, 1.807) is 11.8 Å². The van der Waals surface area contributed by atoms with E-state index >= 15 is 0 Å². The molecule has 0 aliphatic rings. The maximum atomic E-state index is 5.90. The van der Waals surface area contributed by atoms with Crippen LogP contribution in [0.4, 0.5) is 0 Å². The summed E-state index contributed by atoms with van der Waals surface area (Å²) in [5.41, 5.74) is 2.19. The standard InChI is InChI=1S/C27H42N2OS/c1-4-6-7-8-9-13-20-31-27-28-21-25(22-29-27)24-15-17-26(18-16-24)30-19-12-10-11-14-23(3)5-2/h15-18,21-23H,4-14,19-20H2,1-3H3. The first kappa shape index (κ1) is 25.7. The van der Waals surface area contributed by atoms with E-state index in [4.69, 9.17) is 4.74 Å². The SMILES string of the molecule is CCCCCCCCSc1ncc(-c2ccc(OCCCCCC(C)CC)cc2)cn1. The van der Waals surface area contributed by atoms with Crippen LogP contribution in [0.15, 0.2) is 41.8 Å². The van der Waals surface area contributed by atoms with Crippen LogP contribution in [-0.2, 0) is 0 Å². The molecule has 1 heterocycles. The normalized spacial score (nSPS) is 12.1. The molecule has 0 spiro atoms. The first-order valence-corrected chi connectivity index (χ1v) is 13.4. The van der Waals surface area contributed by atoms with Gasteiger partial charge in [0.15, 0.2) is 5.16 Å². The number of nitrogens with zero attached hydrogens (tertiary/aromatic N) is 2. The Morgan fingerprint density at radius 2 is 1.48 bits per heavy atom. The minimum atomic E-state index is 0.799. The lowest BCUT2D eigenvalue weighted by molar-refractivity contribution is 0.302. The fourth-order valence-electron chi connectivity index (χ4n) is 3.50. The molecule has 0 radical (unpaired) electrons. The van der Waals surface area contributed by atoms with Gasteiger partial charge in [0.05, 0.1) is 6.61 Å². The van der Waals surface area contributed by atoms with Crippen molar-refractivity contribution in [2.75, 3.05) is 12.4 Å². The Hall–Kier alpha value is -1.55. The number of hydrogen-bond acceptors (Lipinski definition) is 4. The highest BCUT2D eigenvalue weighted by Gasteiger charge is 2.03. The monoisotopic (exact) mass is 442 g/mol. The lowest BCUT2D eigenvalue weighted by Gasteiger charge is -2.09. The summed E-state index contributed by atoms with van der Waals surface area (Å²) in [6.07, 6.45) is 18.1. The third-order valence-electron chi connectivity index (χ3n) is 5.85. The van der Waals surface area contributed by atoms with E-state index in [0.717, 1.165) is 46.7 Å². The van der Waals surface area contributed by atoms with Crippen LogP contribution in [0.25, 0.3) is 11.1 Å². The molecule has 0 saturated carbocycles. The zero-order valence-corrected chi connectivity index (χ0v) is 20.8. The predicted molar refractivity (Wildman–Crippen MR) is 135 cm³/mol. The molecule has 1 aromatic carbocycles. The van der Waals surface area contributed by atoms with E-state index in [1.807, 2.05) is 12.4 Å². The summed E-state index contributed by atoms with van der Waals surface area (Å²) in [5, 5.41) is 0.880. The van der Waals surface area contributed by atoms with Crippen molar-refractivity contribution >= 4 is 11.8 Å². The Balaban J connectivity index is 1.65. The van der Waals surface area contributed by atoms with Gasteiger partial charge >= 0.3 is 0 Å². The highest BCUT2D eigenvalue weighted by molar-refractivity contribution is 7.99. The van der Waals surface area contributed by atoms with Gasteiger partial charge in [0.25, 0.3) is 0 Å². The molecule has 0 aliphatic carbocycles. The van der Waals surface area contributed by atoms with Crippen molar-refractivity contribution in [3.05, 3.63) is 36.7 Å². The van der Waals surface area contributed by atoms with Gasteiger partial charge in [0.2, 0.25) is 0 Å². The van der Waals surface area contributed by atoms with Crippen LogP contribution in [-0.4, -0.2) is 22.3 Å². The van der Waals surface area contributed by atoms with E-state index in [0.29, 0.717) is 0 Å². The first-order chi connectivity index (χ1) is 15.2. The molecular weight excluding hydrogens is 400 g/mol. The molecule has 2 aromatic rings. The van der Waals surface area contributed by atoms with Gasteiger partial charge in [0, 0.05) is 23.7 Å². The number of unbranched alkanes of at least 4 members (excludes halogenated alkanes) is 7. The molecule has 1 aromatic heterocycles. The Morgan fingerprint density at radius 1 is 0.806 bits per heavy atom. The fourth-order valence-corrected chi connectivity index (χ4v) is 4.28. The van der Waals surface area contributed by atoms with Gasteiger partial charge in [-0.15, -0.1) is 0 Å². The van der Waals surface area contributed by atoms with Crippen molar-refractivity contribution in [1.29, 1.82) is 0 Å². The molecular formula is C27H42N2OS. The summed E-state index contributed by atoms with van der Waals surface area (Å²) in [6, 6.07) is 8.30. The van der Waals surface area contributed by atoms with E-state index in [1.165, 1.54) is 64.2 Å². The molecule has 1 atom stereocenters. The number of hydrogen-bond donors (Lipinski definition) is 0. The van der Waals surface area contributed by atoms with Crippen LogP contribution in [0, 0.1) is 5.92 Å². The highest BCUT2D eigenvalue weighted by atomic mass is 32.2. The molecule has 0 aliphatic heterocycles. The molecule has 2 rings (SSSR count). The molecule has 0 amide bonds. The summed E-state index contributed by atoms with van der Waals surface area (Å²) in [5.74, 6) is 2.90. The summed E-state index contributed by atoms with van der Waals surface area (Å²) < 4.78 is 5.90. The first-order valence-electron chi connectivity index (χ1n) is 12.4. The van der Waals surface area contributed by atoms with Crippen molar-refractivity contribution < 1.29 is 4.74 Å². The van der Waals surface area contributed by atoms with Crippen LogP contribution in [0.1, 0.15) is 91.4 Å². The number of ether oxygens (including phenoxy) is 1. The quantitative estimate of drug-likeness (QED) is 0.140. The van der Waals surface area contributed by atoms with Gasteiger partial charge in [0.1, 0.15) is 5.75 Å². The summed E-state index contributed by atoms with van der Waals surface area (Å²) >= 11 is 1.77. The second-order valence-corrected chi connectivity index (χ2v) is 9.67. The largest absolute Gasteiger partial charge is 0.494 e. The molecule has 4 heteroatoms. The lowest BCUT2D eigenvalue weighted by atomic mass is 10.0. The van der Waals surface area contributed by atoms with E-state index in [2.05, 4.69) is 55.0 Å². The number of aromatic nitrogens is 2. The molecule has 0 bridgehead atoms. The third kappa shape index (κ3) is 11.0.